The Morgan fingerprint density at radius 3 is 1.67 bits per heavy atom. The van der Waals surface area contributed by atoms with Crippen LogP contribution in [0.1, 0.15) is 77.6 Å². The fourth-order valence-corrected chi connectivity index (χ4v) is 2.01. The van der Waals surface area contributed by atoms with Gasteiger partial charge in [0.15, 0.2) is 5.66 Å². The predicted octanol–water partition coefficient (Wildman–Crippen LogP) is 3.00. The average molecular weight is 258 g/mol. The quantitative estimate of drug-likeness (QED) is 0.371. The molecule has 4 heteroatoms. The zero-order valence-electron chi connectivity index (χ0n) is 11.8. The second-order valence-electron chi connectivity index (χ2n) is 5.28. The van der Waals surface area contributed by atoms with Gasteiger partial charge in [-0.25, -0.2) is 4.79 Å². The fourth-order valence-electron chi connectivity index (χ4n) is 2.01. The molecule has 0 atom stereocenters. The monoisotopic (exact) mass is 258 g/mol. The number of rotatable bonds is 12. The minimum absolute atomic E-state index is 0.360. The van der Waals surface area contributed by atoms with Gasteiger partial charge >= 0.3 is 5.97 Å². The summed E-state index contributed by atoms with van der Waals surface area (Å²) in [6.45, 7) is 2.23. The SMILES string of the molecule is CCCCCCCCCCCCC(N)(N)C(=O)O. The molecule has 0 fully saturated rings. The Morgan fingerprint density at radius 2 is 1.28 bits per heavy atom. The lowest BCUT2D eigenvalue weighted by Crippen LogP contribution is -2.56. The van der Waals surface area contributed by atoms with Gasteiger partial charge in [0.25, 0.3) is 0 Å². The van der Waals surface area contributed by atoms with Gasteiger partial charge in [0, 0.05) is 0 Å². The van der Waals surface area contributed by atoms with Crippen LogP contribution in [0.3, 0.4) is 0 Å². The van der Waals surface area contributed by atoms with Crippen LogP contribution in [0.15, 0.2) is 0 Å². The largest absolute Gasteiger partial charge is 0.479 e. The highest BCUT2D eigenvalue weighted by molar-refractivity contribution is 5.77. The number of nitrogens with two attached hydrogens (primary N) is 2. The molecule has 4 nitrogen and oxygen atoms in total. The number of aliphatic carboxylic acids is 1. The number of hydrogen-bond donors (Lipinski definition) is 3. The van der Waals surface area contributed by atoms with E-state index in [0.717, 1.165) is 19.3 Å². The molecular formula is C14H30N2O2. The lowest BCUT2D eigenvalue weighted by Gasteiger charge is -2.18. The van der Waals surface area contributed by atoms with Gasteiger partial charge in [0.05, 0.1) is 0 Å². The summed E-state index contributed by atoms with van der Waals surface area (Å²) in [7, 11) is 0. The van der Waals surface area contributed by atoms with Crippen LogP contribution in [-0.4, -0.2) is 16.7 Å². The molecule has 0 aliphatic heterocycles. The number of unbranched alkanes of at least 4 members (excludes halogenated alkanes) is 9. The van der Waals surface area contributed by atoms with E-state index < -0.39 is 11.6 Å². The molecular weight excluding hydrogens is 228 g/mol. The highest BCUT2D eigenvalue weighted by Crippen LogP contribution is 2.13. The first-order valence-electron chi connectivity index (χ1n) is 7.32. The maximum Gasteiger partial charge on any atom is 0.338 e. The third-order valence-electron chi connectivity index (χ3n) is 3.34. The fraction of sp³-hybridized carbons (Fsp3) is 0.929. The Morgan fingerprint density at radius 1 is 0.889 bits per heavy atom. The van der Waals surface area contributed by atoms with E-state index in [4.69, 9.17) is 16.6 Å². The van der Waals surface area contributed by atoms with E-state index in [1.54, 1.807) is 0 Å². The van der Waals surface area contributed by atoms with Crippen molar-refractivity contribution in [2.45, 2.75) is 83.2 Å². The van der Waals surface area contributed by atoms with E-state index in [0.29, 0.717) is 6.42 Å². The van der Waals surface area contributed by atoms with Crippen molar-refractivity contribution in [3.05, 3.63) is 0 Å². The van der Waals surface area contributed by atoms with Gasteiger partial charge in [0.2, 0.25) is 0 Å². The van der Waals surface area contributed by atoms with Gasteiger partial charge < -0.3 is 16.6 Å². The van der Waals surface area contributed by atoms with Gasteiger partial charge in [-0.1, -0.05) is 64.7 Å². The van der Waals surface area contributed by atoms with Crippen molar-refractivity contribution in [2.75, 3.05) is 0 Å². The molecule has 108 valence electrons. The van der Waals surface area contributed by atoms with Crippen molar-refractivity contribution in [3.63, 3.8) is 0 Å². The Bertz CT molecular complexity index is 218. The van der Waals surface area contributed by atoms with Crippen molar-refractivity contribution in [1.82, 2.24) is 0 Å². The smallest absolute Gasteiger partial charge is 0.338 e. The molecule has 5 N–H and O–H groups in total. The molecule has 0 radical (unpaired) electrons. The summed E-state index contributed by atoms with van der Waals surface area (Å²) in [4.78, 5) is 10.7. The Labute approximate surface area is 111 Å². The average Bonchev–Trinajstić information content (AvgIpc) is 2.31. The van der Waals surface area contributed by atoms with Crippen LogP contribution in [0.5, 0.6) is 0 Å². The van der Waals surface area contributed by atoms with Gasteiger partial charge in [-0.2, -0.15) is 0 Å². The molecule has 0 unspecified atom stereocenters. The van der Waals surface area contributed by atoms with Gasteiger partial charge in [-0.15, -0.1) is 0 Å². The summed E-state index contributed by atoms with van der Waals surface area (Å²) in [5, 5.41) is 8.73. The molecule has 18 heavy (non-hydrogen) atoms. The van der Waals surface area contributed by atoms with Gasteiger partial charge in [-0.3, -0.25) is 0 Å². The molecule has 0 bridgehead atoms. The summed E-state index contributed by atoms with van der Waals surface area (Å²) in [5.74, 6) is -1.11. The van der Waals surface area contributed by atoms with Crippen molar-refractivity contribution in [1.29, 1.82) is 0 Å². The third-order valence-corrected chi connectivity index (χ3v) is 3.34. The zero-order valence-corrected chi connectivity index (χ0v) is 11.8. The van der Waals surface area contributed by atoms with Crippen LogP contribution < -0.4 is 11.5 Å². The number of hydrogen-bond acceptors (Lipinski definition) is 3. The molecule has 0 spiro atoms. The maximum atomic E-state index is 10.7. The van der Waals surface area contributed by atoms with Crippen molar-refractivity contribution in [3.8, 4) is 0 Å². The van der Waals surface area contributed by atoms with Gasteiger partial charge in [-0.05, 0) is 12.8 Å². The van der Waals surface area contributed by atoms with Crippen molar-refractivity contribution < 1.29 is 9.90 Å². The Hall–Kier alpha value is -0.610. The van der Waals surface area contributed by atoms with Crippen LogP contribution in [-0.2, 0) is 4.79 Å². The third kappa shape index (κ3) is 9.42. The van der Waals surface area contributed by atoms with E-state index in [-0.39, 0.29) is 0 Å². The predicted molar refractivity (Wildman–Crippen MR) is 75.2 cm³/mol. The zero-order chi connectivity index (χ0) is 13.9. The normalized spacial score (nSPS) is 11.7. The van der Waals surface area contributed by atoms with Crippen LogP contribution in [0.25, 0.3) is 0 Å². The molecule has 0 aliphatic carbocycles. The van der Waals surface area contributed by atoms with Crippen molar-refractivity contribution in [2.24, 2.45) is 11.5 Å². The van der Waals surface area contributed by atoms with Crippen LogP contribution in [0.2, 0.25) is 0 Å². The highest BCUT2D eigenvalue weighted by atomic mass is 16.4. The minimum atomic E-state index is -1.54. The molecule has 0 heterocycles. The van der Waals surface area contributed by atoms with Crippen LogP contribution in [0.4, 0.5) is 0 Å². The molecule has 0 amide bonds. The second-order valence-corrected chi connectivity index (χ2v) is 5.28. The van der Waals surface area contributed by atoms with Crippen LogP contribution >= 0.6 is 0 Å². The molecule has 0 saturated carbocycles. The van der Waals surface area contributed by atoms with E-state index in [1.165, 1.54) is 44.9 Å². The molecule has 0 aromatic carbocycles. The van der Waals surface area contributed by atoms with E-state index in [9.17, 15) is 4.79 Å². The lowest BCUT2D eigenvalue weighted by atomic mass is 10.0. The van der Waals surface area contributed by atoms with E-state index in [1.807, 2.05) is 0 Å². The standard InChI is InChI=1S/C14H30N2O2/c1-2-3-4-5-6-7-8-9-10-11-12-14(15,16)13(17)18/h2-12,15-16H2,1H3,(H,17,18). The summed E-state index contributed by atoms with van der Waals surface area (Å²) in [6.07, 6.45) is 12.6. The maximum absolute atomic E-state index is 10.7. The summed E-state index contributed by atoms with van der Waals surface area (Å²) < 4.78 is 0. The first-order valence-corrected chi connectivity index (χ1v) is 7.32. The number of carboxylic acids is 1. The van der Waals surface area contributed by atoms with Crippen molar-refractivity contribution >= 4 is 5.97 Å². The Balaban J connectivity index is 3.24. The van der Waals surface area contributed by atoms with Gasteiger partial charge in [0.1, 0.15) is 0 Å². The molecule has 0 aromatic rings. The molecule has 0 aliphatic rings. The molecule has 0 rings (SSSR count). The molecule has 0 aromatic heterocycles. The Kier molecular flexibility index (Phi) is 9.98. The lowest BCUT2D eigenvalue weighted by molar-refractivity contribution is -0.143. The molecule has 0 saturated heterocycles. The first-order chi connectivity index (χ1) is 8.50. The summed E-state index contributed by atoms with van der Waals surface area (Å²) in [5.41, 5.74) is 9.35. The highest BCUT2D eigenvalue weighted by Gasteiger charge is 2.27. The number of carbonyl (C=O) groups is 1. The topological polar surface area (TPSA) is 89.3 Å². The summed E-state index contributed by atoms with van der Waals surface area (Å²) >= 11 is 0. The van der Waals surface area contributed by atoms with E-state index >= 15 is 0 Å². The van der Waals surface area contributed by atoms with E-state index in [2.05, 4.69) is 6.92 Å². The summed E-state index contributed by atoms with van der Waals surface area (Å²) in [6, 6.07) is 0. The number of carboxylic acid groups (broad SMARTS) is 1. The minimum Gasteiger partial charge on any atom is -0.479 e. The second kappa shape index (κ2) is 10.3. The first kappa shape index (κ1) is 17.4. The van der Waals surface area contributed by atoms with Crippen LogP contribution in [0, 0.1) is 0 Å².